The van der Waals surface area contributed by atoms with Crippen molar-refractivity contribution in [1.29, 1.82) is 0 Å². The van der Waals surface area contributed by atoms with Gasteiger partial charge in [-0.25, -0.2) is 4.79 Å². The molecule has 8 nitrogen and oxygen atoms in total. The first-order valence-electron chi connectivity index (χ1n) is 11.5. The van der Waals surface area contributed by atoms with Gasteiger partial charge in [0.25, 0.3) is 0 Å². The van der Waals surface area contributed by atoms with Crippen LogP contribution in [0.3, 0.4) is 0 Å². The fourth-order valence-electron chi connectivity index (χ4n) is 4.07. The molecule has 4 N–H and O–H groups in total. The molecule has 2 aliphatic heterocycles. The predicted molar refractivity (Wildman–Crippen MR) is 134 cm³/mol. The van der Waals surface area contributed by atoms with Crippen molar-refractivity contribution < 1.29 is 34.0 Å². The summed E-state index contributed by atoms with van der Waals surface area (Å²) in [6.07, 6.45) is -1.35. The summed E-state index contributed by atoms with van der Waals surface area (Å²) < 4.78 is 22.2. The van der Waals surface area contributed by atoms with Crippen molar-refractivity contribution in [3.63, 3.8) is 0 Å². The van der Waals surface area contributed by atoms with Crippen molar-refractivity contribution in [1.82, 2.24) is 0 Å². The van der Waals surface area contributed by atoms with Crippen LogP contribution in [0.15, 0.2) is 72.3 Å². The molecule has 0 saturated carbocycles. The molecule has 2 heterocycles. The Bertz CT molecular complexity index is 1270. The molecule has 0 radical (unpaired) electrons. The van der Waals surface area contributed by atoms with Crippen LogP contribution in [0, 0.1) is 6.92 Å². The van der Waals surface area contributed by atoms with E-state index in [1.165, 1.54) is 7.11 Å². The largest absolute Gasteiger partial charge is 0.495 e. The minimum Gasteiger partial charge on any atom is -0.495 e. The van der Waals surface area contributed by atoms with Gasteiger partial charge in [-0.15, -0.1) is 0 Å². The summed E-state index contributed by atoms with van der Waals surface area (Å²) in [5.74, 6) is 0.991. The van der Waals surface area contributed by atoms with Crippen LogP contribution in [0.25, 0.3) is 5.76 Å². The van der Waals surface area contributed by atoms with Gasteiger partial charge >= 0.3 is 5.97 Å². The van der Waals surface area contributed by atoms with E-state index in [0.29, 0.717) is 34.1 Å². The molecule has 5 rings (SSSR count). The Labute approximate surface area is 209 Å². The van der Waals surface area contributed by atoms with Gasteiger partial charge in [-0.1, -0.05) is 48.0 Å². The molecule has 188 valence electrons. The van der Waals surface area contributed by atoms with Gasteiger partial charge in [-0.3, -0.25) is 0 Å². The quantitative estimate of drug-likeness (QED) is 0.481. The number of carbonyl (C=O) groups is 1. The van der Waals surface area contributed by atoms with Gasteiger partial charge < -0.3 is 34.9 Å². The lowest BCUT2D eigenvalue weighted by molar-refractivity contribution is -0.133. The van der Waals surface area contributed by atoms with E-state index in [4.69, 9.17) is 24.7 Å². The highest BCUT2D eigenvalue weighted by molar-refractivity contribution is 5.98. The third-order valence-corrected chi connectivity index (χ3v) is 5.90. The van der Waals surface area contributed by atoms with Crippen LogP contribution in [0.5, 0.6) is 17.2 Å². The summed E-state index contributed by atoms with van der Waals surface area (Å²) in [6.45, 7) is 3.87. The zero-order chi connectivity index (χ0) is 25.8. The Morgan fingerprint density at radius 1 is 1.03 bits per heavy atom. The molecular weight excluding hydrogens is 462 g/mol. The zero-order valence-corrected chi connectivity index (χ0v) is 20.3. The molecule has 3 atom stereocenters. The molecule has 0 unspecified atom stereocenters. The van der Waals surface area contributed by atoms with Crippen LogP contribution in [-0.2, 0) is 9.53 Å². The standard InChI is InChI=1S/C19H16O6.C9H13NO/c1-10-3-5-13-12(7-10)18(22-2)16(19(20)21)17(25-13)11-4-6-14-15(8-11)24-9-23-14;1-7(10)9(11)8-5-3-2-4-6-8/h3-8,17H,9H2,1-2H3,(H,20,21);2-7,9,11H,10H2,1H3/t17-;7-,9-/m11/s1. The Kier molecular flexibility index (Phi) is 7.47. The number of hydrogen-bond donors (Lipinski definition) is 3. The monoisotopic (exact) mass is 491 g/mol. The number of rotatable bonds is 5. The molecule has 0 fully saturated rings. The molecule has 36 heavy (non-hydrogen) atoms. The van der Waals surface area contributed by atoms with Crippen molar-refractivity contribution in [2.75, 3.05) is 13.9 Å². The van der Waals surface area contributed by atoms with E-state index >= 15 is 0 Å². The second-order valence-corrected chi connectivity index (χ2v) is 8.58. The molecule has 3 aromatic carbocycles. The topological polar surface area (TPSA) is 120 Å². The lowest BCUT2D eigenvalue weighted by Gasteiger charge is -2.29. The Morgan fingerprint density at radius 3 is 2.39 bits per heavy atom. The summed E-state index contributed by atoms with van der Waals surface area (Å²) in [5, 5.41) is 19.3. The van der Waals surface area contributed by atoms with Crippen LogP contribution in [0.1, 0.15) is 41.4 Å². The highest BCUT2D eigenvalue weighted by Crippen LogP contribution is 2.44. The number of hydrogen-bond acceptors (Lipinski definition) is 7. The number of ether oxygens (including phenoxy) is 4. The highest BCUT2D eigenvalue weighted by Gasteiger charge is 2.36. The number of aliphatic hydroxyl groups is 1. The average molecular weight is 492 g/mol. The fourth-order valence-corrected chi connectivity index (χ4v) is 4.07. The van der Waals surface area contributed by atoms with Crippen molar-refractivity contribution in [3.8, 4) is 17.2 Å². The van der Waals surface area contributed by atoms with E-state index in [0.717, 1.165) is 11.1 Å². The van der Waals surface area contributed by atoms with E-state index in [2.05, 4.69) is 0 Å². The molecule has 0 saturated heterocycles. The number of nitrogens with two attached hydrogens (primary N) is 1. The first kappa shape index (κ1) is 25.1. The van der Waals surface area contributed by atoms with Crippen LogP contribution >= 0.6 is 0 Å². The van der Waals surface area contributed by atoms with Crippen molar-refractivity contribution in [2.45, 2.75) is 32.1 Å². The molecule has 3 aromatic rings. The Balaban J connectivity index is 0.000000233. The molecule has 0 aliphatic carbocycles. The maximum atomic E-state index is 12.0. The maximum Gasteiger partial charge on any atom is 0.339 e. The Hall–Kier alpha value is -4.01. The number of carboxylic acid groups (broad SMARTS) is 1. The van der Waals surface area contributed by atoms with Gasteiger partial charge in [-0.2, -0.15) is 0 Å². The van der Waals surface area contributed by atoms with Crippen LogP contribution in [-0.4, -0.2) is 36.1 Å². The number of aryl methyl sites for hydroxylation is 1. The summed E-state index contributed by atoms with van der Waals surface area (Å²) in [6, 6.07) is 20.1. The van der Waals surface area contributed by atoms with Crippen molar-refractivity contribution in [3.05, 3.63) is 94.6 Å². The zero-order valence-electron chi connectivity index (χ0n) is 20.3. The lowest BCUT2D eigenvalue weighted by Crippen LogP contribution is -2.24. The van der Waals surface area contributed by atoms with E-state index in [-0.39, 0.29) is 18.4 Å². The molecule has 0 aromatic heterocycles. The first-order chi connectivity index (χ1) is 17.3. The SMILES string of the molecule is COC1=C(C(=O)O)[C@@H](c2ccc3c(c2)OCO3)Oc2ccc(C)cc21.C[C@@H](N)[C@@H](O)c1ccccc1. The number of aliphatic hydroxyl groups excluding tert-OH is 1. The third kappa shape index (κ3) is 5.15. The number of fused-ring (bicyclic) bond motifs is 2. The van der Waals surface area contributed by atoms with Crippen molar-refractivity contribution in [2.24, 2.45) is 5.73 Å². The predicted octanol–water partition coefficient (Wildman–Crippen LogP) is 4.37. The summed E-state index contributed by atoms with van der Waals surface area (Å²) in [7, 11) is 1.46. The fraction of sp³-hybridized carbons (Fsp3) is 0.250. The maximum absolute atomic E-state index is 12.0. The molecular formula is C28H29NO7. The van der Waals surface area contributed by atoms with Crippen LogP contribution in [0.2, 0.25) is 0 Å². The van der Waals surface area contributed by atoms with E-state index in [9.17, 15) is 15.0 Å². The van der Waals surface area contributed by atoms with Gasteiger partial charge in [0.05, 0.1) is 18.8 Å². The number of methoxy groups -OCH3 is 1. The first-order valence-corrected chi connectivity index (χ1v) is 11.5. The van der Waals surface area contributed by atoms with E-state index in [1.807, 2.05) is 55.5 Å². The van der Waals surface area contributed by atoms with Crippen LogP contribution in [0.4, 0.5) is 0 Å². The molecule has 0 spiro atoms. The molecule has 0 amide bonds. The van der Waals surface area contributed by atoms with Gasteiger partial charge in [0.1, 0.15) is 17.1 Å². The van der Waals surface area contributed by atoms with E-state index in [1.54, 1.807) is 25.1 Å². The van der Waals surface area contributed by atoms with Gasteiger partial charge in [0.15, 0.2) is 17.6 Å². The van der Waals surface area contributed by atoms with Crippen LogP contribution < -0.4 is 19.9 Å². The minimum absolute atomic E-state index is 0.0551. The van der Waals surface area contributed by atoms with Gasteiger partial charge in [-0.05, 0) is 43.7 Å². The third-order valence-electron chi connectivity index (χ3n) is 5.90. The molecule has 0 bridgehead atoms. The normalized spacial score (nSPS) is 17.2. The summed E-state index contributed by atoms with van der Waals surface area (Å²) in [5.41, 5.74) is 8.73. The average Bonchev–Trinajstić information content (AvgIpc) is 3.36. The smallest absolute Gasteiger partial charge is 0.339 e. The summed E-state index contributed by atoms with van der Waals surface area (Å²) >= 11 is 0. The Morgan fingerprint density at radius 2 is 1.72 bits per heavy atom. The second kappa shape index (κ2) is 10.7. The summed E-state index contributed by atoms with van der Waals surface area (Å²) in [4.78, 5) is 12.0. The van der Waals surface area contributed by atoms with E-state index < -0.39 is 18.2 Å². The highest BCUT2D eigenvalue weighted by atomic mass is 16.7. The molecule has 8 heteroatoms. The van der Waals surface area contributed by atoms with Gasteiger partial charge in [0.2, 0.25) is 6.79 Å². The minimum atomic E-state index is -1.09. The number of benzene rings is 3. The second-order valence-electron chi connectivity index (χ2n) is 8.58. The number of carboxylic acids is 1. The van der Waals surface area contributed by atoms with Crippen molar-refractivity contribution >= 4 is 11.7 Å². The molecule has 2 aliphatic rings. The number of aliphatic carboxylic acids is 1. The lowest BCUT2D eigenvalue weighted by atomic mass is 9.93. The van der Waals surface area contributed by atoms with Gasteiger partial charge in [0, 0.05) is 11.6 Å².